The Morgan fingerprint density at radius 2 is 2.12 bits per heavy atom. The zero-order chi connectivity index (χ0) is 19.4. The van der Waals surface area contributed by atoms with Crippen LogP contribution in [0.25, 0.3) is 0 Å². The van der Waals surface area contributed by atoms with Gasteiger partial charge in [-0.05, 0) is 26.0 Å². The summed E-state index contributed by atoms with van der Waals surface area (Å²) >= 11 is 6.04. The van der Waals surface area contributed by atoms with Gasteiger partial charge in [0, 0.05) is 23.7 Å². The van der Waals surface area contributed by atoms with E-state index in [1.807, 2.05) is 0 Å². The molecule has 2 aromatic rings. The summed E-state index contributed by atoms with van der Waals surface area (Å²) in [5.74, 6) is -1.95. The van der Waals surface area contributed by atoms with Crippen LogP contribution >= 0.6 is 11.6 Å². The van der Waals surface area contributed by atoms with Crippen LogP contribution in [-0.2, 0) is 16.0 Å². The van der Waals surface area contributed by atoms with Crippen molar-refractivity contribution >= 4 is 35.2 Å². The number of nitrogens with one attached hydrogen (secondary N) is 2. The molecule has 1 unspecified atom stereocenters. The first-order valence-electron chi connectivity index (χ1n) is 7.48. The molecule has 26 heavy (non-hydrogen) atoms. The molecule has 4 N–H and O–H groups in total. The molecule has 0 aliphatic rings. The second-order valence-corrected chi connectivity index (χ2v) is 5.90. The van der Waals surface area contributed by atoms with Crippen LogP contribution in [0.15, 0.2) is 18.2 Å². The first-order valence-corrected chi connectivity index (χ1v) is 7.86. The first-order chi connectivity index (χ1) is 12.2. The maximum absolute atomic E-state index is 14.3. The highest BCUT2D eigenvalue weighted by molar-refractivity contribution is 6.34. The summed E-state index contributed by atoms with van der Waals surface area (Å²) in [6, 6.07) is 3.82. The molecule has 0 radical (unpaired) electrons. The molecule has 0 aliphatic heterocycles. The number of H-pyrrole nitrogens is 1. The molecule has 2 rings (SSSR count). The Kier molecular flexibility index (Phi) is 5.93. The number of anilines is 1. The molecule has 1 aromatic carbocycles. The van der Waals surface area contributed by atoms with Crippen molar-refractivity contribution in [3.63, 3.8) is 0 Å². The largest absolute Gasteiger partial charge is 0.439 e. The molecule has 1 heterocycles. The highest BCUT2D eigenvalue weighted by Crippen LogP contribution is 2.25. The van der Waals surface area contributed by atoms with E-state index in [9.17, 15) is 18.8 Å². The number of aromatic nitrogens is 2. The molecular weight excluding hydrogens is 367 g/mol. The standard InChI is InChI=1S/C16H16ClFN4O4/c1-7-5-13(22-21-7)20-15(24)14-9(11(18)4-3-10(14)17)6-12(23)8(2)26-16(19)25/h3-5,8H,6H2,1-2H3,(H2,19,25)(H2,20,21,22,24). The van der Waals surface area contributed by atoms with E-state index >= 15 is 0 Å². The molecule has 0 fully saturated rings. The number of primary amides is 1. The van der Waals surface area contributed by atoms with E-state index in [0.717, 1.165) is 6.07 Å². The topological polar surface area (TPSA) is 127 Å². The van der Waals surface area contributed by atoms with Crippen molar-refractivity contribution in [1.29, 1.82) is 0 Å². The Balaban J connectivity index is 2.31. The van der Waals surface area contributed by atoms with E-state index < -0.39 is 36.1 Å². The van der Waals surface area contributed by atoms with Gasteiger partial charge in [0.15, 0.2) is 17.7 Å². The van der Waals surface area contributed by atoms with E-state index in [2.05, 4.69) is 20.3 Å². The fourth-order valence-corrected chi connectivity index (χ4v) is 2.49. The molecule has 10 heteroatoms. The fraction of sp³-hybridized carbons (Fsp3) is 0.250. The molecule has 138 valence electrons. The number of ether oxygens (including phenoxy) is 1. The monoisotopic (exact) mass is 382 g/mol. The third kappa shape index (κ3) is 4.57. The first kappa shape index (κ1) is 19.4. The molecule has 2 amide bonds. The fourth-order valence-electron chi connectivity index (χ4n) is 2.23. The minimum atomic E-state index is -1.20. The molecule has 0 spiro atoms. The van der Waals surface area contributed by atoms with E-state index in [1.165, 1.54) is 13.0 Å². The van der Waals surface area contributed by atoms with Gasteiger partial charge in [-0.3, -0.25) is 14.7 Å². The predicted molar refractivity (Wildman–Crippen MR) is 91.5 cm³/mol. The number of rotatable bonds is 6. The number of aryl methyl sites for hydroxylation is 1. The van der Waals surface area contributed by atoms with Gasteiger partial charge in [0.1, 0.15) is 5.82 Å². The van der Waals surface area contributed by atoms with E-state index in [-0.39, 0.29) is 22.0 Å². The van der Waals surface area contributed by atoms with Crippen molar-refractivity contribution in [2.45, 2.75) is 26.4 Å². The molecule has 1 atom stereocenters. The Morgan fingerprint density at radius 1 is 1.42 bits per heavy atom. The van der Waals surface area contributed by atoms with E-state index in [0.29, 0.717) is 5.69 Å². The molecule has 0 bridgehead atoms. The van der Waals surface area contributed by atoms with Crippen molar-refractivity contribution in [2.24, 2.45) is 5.73 Å². The maximum atomic E-state index is 14.3. The molecule has 0 aliphatic carbocycles. The van der Waals surface area contributed by atoms with Gasteiger partial charge in [0.05, 0.1) is 10.6 Å². The predicted octanol–water partition coefficient (Wildman–Crippen LogP) is 2.36. The van der Waals surface area contributed by atoms with Gasteiger partial charge in [0.25, 0.3) is 5.91 Å². The second kappa shape index (κ2) is 7.96. The quantitative estimate of drug-likeness (QED) is 0.706. The lowest BCUT2D eigenvalue weighted by molar-refractivity contribution is -0.125. The molecule has 0 saturated carbocycles. The van der Waals surface area contributed by atoms with Crippen molar-refractivity contribution in [3.05, 3.63) is 45.9 Å². The van der Waals surface area contributed by atoms with E-state index in [1.54, 1.807) is 13.0 Å². The van der Waals surface area contributed by atoms with Gasteiger partial charge in [0.2, 0.25) is 0 Å². The van der Waals surface area contributed by atoms with Gasteiger partial charge in [-0.25, -0.2) is 9.18 Å². The Bertz CT molecular complexity index is 868. The number of benzene rings is 1. The normalized spacial score (nSPS) is 11.7. The molecule has 1 aromatic heterocycles. The summed E-state index contributed by atoms with van der Waals surface area (Å²) in [4.78, 5) is 35.4. The summed E-state index contributed by atoms with van der Waals surface area (Å²) in [7, 11) is 0. The molecule has 8 nitrogen and oxygen atoms in total. The Hall–Kier alpha value is -2.94. The van der Waals surface area contributed by atoms with Crippen molar-refractivity contribution in [2.75, 3.05) is 5.32 Å². The van der Waals surface area contributed by atoms with Crippen LogP contribution in [0, 0.1) is 12.7 Å². The maximum Gasteiger partial charge on any atom is 0.405 e. The minimum absolute atomic E-state index is 0.0394. The third-order valence-electron chi connectivity index (χ3n) is 3.48. The van der Waals surface area contributed by atoms with E-state index in [4.69, 9.17) is 17.3 Å². The van der Waals surface area contributed by atoms with Crippen LogP contribution in [0.1, 0.15) is 28.5 Å². The van der Waals surface area contributed by atoms with Gasteiger partial charge in [-0.1, -0.05) is 11.6 Å². The van der Waals surface area contributed by atoms with Crippen molar-refractivity contribution in [3.8, 4) is 0 Å². The third-order valence-corrected chi connectivity index (χ3v) is 3.79. The Labute approximate surface area is 152 Å². The minimum Gasteiger partial charge on any atom is -0.439 e. The van der Waals surface area contributed by atoms with Gasteiger partial charge >= 0.3 is 6.09 Å². The zero-order valence-corrected chi connectivity index (χ0v) is 14.7. The van der Waals surface area contributed by atoms with Crippen molar-refractivity contribution in [1.82, 2.24) is 10.2 Å². The number of carbonyl (C=O) groups excluding carboxylic acids is 3. The Morgan fingerprint density at radius 3 is 2.69 bits per heavy atom. The number of hydrogen-bond donors (Lipinski definition) is 3. The van der Waals surface area contributed by atoms with Crippen LogP contribution in [0.4, 0.5) is 15.0 Å². The number of Topliss-reactive ketones (excluding diaryl/α,β-unsaturated/α-hetero) is 1. The van der Waals surface area contributed by atoms with Crippen LogP contribution < -0.4 is 11.1 Å². The number of halogens is 2. The van der Waals surface area contributed by atoms with Gasteiger partial charge in [-0.2, -0.15) is 5.10 Å². The number of nitrogens with two attached hydrogens (primary N) is 1. The van der Waals surface area contributed by atoms with Crippen LogP contribution in [0.3, 0.4) is 0 Å². The average Bonchev–Trinajstić information content (AvgIpc) is 2.95. The molecule has 0 saturated heterocycles. The average molecular weight is 383 g/mol. The molecular formula is C16H16ClFN4O4. The lowest BCUT2D eigenvalue weighted by Crippen LogP contribution is -2.29. The summed E-state index contributed by atoms with van der Waals surface area (Å²) in [6.45, 7) is 3.03. The van der Waals surface area contributed by atoms with Crippen LogP contribution in [-0.4, -0.2) is 34.1 Å². The highest BCUT2D eigenvalue weighted by Gasteiger charge is 2.25. The summed E-state index contributed by atoms with van der Waals surface area (Å²) in [5, 5.41) is 8.93. The SMILES string of the molecule is Cc1cc(NC(=O)c2c(Cl)ccc(F)c2CC(=O)C(C)OC(N)=O)n[nH]1. The lowest BCUT2D eigenvalue weighted by atomic mass is 9.99. The number of amides is 2. The number of hydrogen-bond acceptors (Lipinski definition) is 5. The van der Waals surface area contributed by atoms with Crippen LogP contribution in [0.2, 0.25) is 5.02 Å². The van der Waals surface area contributed by atoms with Crippen LogP contribution in [0.5, 0.6) is 0 Å². The second-order valence-electron chi connectivity index (χ2n) is 5.50. The highest BCUT2D eigenvalue weighted by atomic mass is 35.5. The summed E-state index contributed by atoms with van der Waals surface area (Å²) in [5.41, 5.74) is 5.15. The lowest BCUT2D eigenvalue weighted by Gasteiger charge is -2.14. The van der Waals surface area contributed by atoms with Gasteiger partial charge < -0.3 is 15.8 Å². The van der Waals surface area contributed by atoms with Crippen molar-refractivity contribution < 1.29 is 23.5 Å². The number of carbonyl (C=O) groups is 3. The summed E-state index contributed by atoms with van der Waals surface area (Å²) < 4.78 is 18.8. The smallest absolute Gasteiger partial charge is 0.405 e. The number of nitrogens with zero attached hydrogens (tertiary/aromatic N) is 1. The summed E-state index contributed by atoms with van der Waals surface area (Å²) in [6.07, 6.45) is -2.84. The zero-order valence-electron chi connectivity index (χ0n) is 13.9. The number of ketones is 1. The number of aromatic amines is 1. The van der Waals surface area contributed by atoms with Gasteiger partial charge in [-0.15, -0.1) is 0 Å².